The van der Waals surface area contributed by atoms with E-state index in [1.165, 1.54) is 12.8 Å². The van der Waals surface area contributed by atoms with Gasteiger partial charge in [0.25, 0.3) is 0 Å². The number of hydrogen-bond acceptors (Lipinski definition) is 4. The van der Waals surface area contributed by atoms with Crippen LogP contribution >= 0.6 is 0 Å². The van der Waals surface area contributed by atoms with Crippen molar-refractivity contribution in [2.45, 2.75) is 38.9 Å². The lowest BCUT2D eigenvalue weighted by Crippen LogP contribution is -2.40. The Kier molecular flexibility index (Phi) is 5.86. The molecule has 0 amide bonds. The van der Waals surface area contributed by atoms with E-state index in [1.807, 2.05) is 0 Å². The van der Waals surface area contributed by atoms with Crippen LogP contribution in [-0.2, 0) is 9.47 Å². The van der Waals surface area contributed by atoms with E-state index in [2.05, 4.69) is 18.7 Å². The Morgan fingerprint density at radius 2 is 1.76 bits per heavy atom. The zero-order valence-corrected chi connectivity index (χ0v) is 11.7. The fourth-order valence-corrected chi connectivity index (χ4v) is 2.79. The van der Waals surface area contributed by atoms with E-state index in [0.717, 1.165) is 26.2 Å². The molecule has 1 saturated heterocycles. The Balaban J connectivity index is 2.52. The summed E-state index contributed by atoms with van der Waals surface area (Å²) in [5.41, 5.74) is 6.13. The Hall–Kier alpha value is -0.160. The van der Waals surface area contributed by atoms with Crippen molar-refractivity contribution in [2.24, 2.45) is 11.1 Å². The predicted octanol–water partition coefficient (Wildman–Crippen LogP) is 1.10. The summed E-state index contributed by atoms with van der Waals surface area (Å²) in [5.74, 6) is 0. The molecule has 0 spiro atoms. The molecule has 0 aromatic carbocycles. The summed E-state index contributed by atoms with van der Waals surface area (Å²) < 4.78 is 10.9. The molecular formula is C13H28N2O2. The third-order valence-corrected chi connectivity index (χ3v) is 3.85. The summed E-state index contributed by atoms with van der Waals surface area (Å²) in [4.78, 5) is 2.42. The molecule has 1 rings (SSSR count). The van der Waals surface area contributed by atoms with Crippen LogP contribution in [0.5, 0.6) is 0 Å². The first kappa shape index (κ1) is 14.9. The van der Waals surface area contributed by atoms with Gasteiger partial charge in [-0.05, 0) is 18.4 Å². The molecule has 0 aliphatic carbocycles. The van der Waals surface area contributed by atoms with Crippen LogP contribution in [0.25, 0.3) is 0 Å². The highest BCUT2D eigenvalue weighted by molar-refractivity contribution is 4.89. The van der Waals surface area contributed by atoms with Crippen LogP contribution in [0, 0.1) is 5.41 Å². The predicted molar refractivity (Wildman–Crippen MR) is 70.1 cm³/mol. The van der Waals surface area contributed by atoms with Crippen molar-refractivity contribution < 1.29 is 9.47 Å². The normalized spacial score (nSPS) is 29.5. The smallest absolute Gasteiger partial charge is 0.0971 e. The van der Waals surface area contributed by atoms with Crippen LogP contribution in [0.15, 0.2) is 0 Å². The highest BCUT2D eigenvalue weighted by Gasteiger charge is 2.36. The number of rotatable bonds is 7. The van der Waals surface area contributed by atoms with E-state index in [9.17, 15) is 0 Å². The van der Waals surface area contributed by atoms with Gasteiger partial charge in [-0.3, -0.25) is 4.90 Å². The van der Waals surface area contributed by atoms with E-state index < -0.39 is 0 Å². The zero-order chi connectivity index (χ0) is 12.9. The number of ether oxygens (including phenoxy) is 2. The summed E-state index contributed by atoms with van der Waals surface area (Å²) in [6, 6.07) is 0. The molecule has 1 aliphatic rings. The van der Waals surface area contributed by atoms with Gasteiger partial charge >= 0.3 is 0 Å². The van der Waals surface area contributed by atoms with Gasteiger partial charge in [-0.25, -0.2) is 0 Å². The average molecular weight is 244 g/mol. The largest absolute Gasteiger partial charge is 0.377 e. The van der Waals surface area contributed by atoms with Gasteiger partial charge in [-0.15, -0.1) is 0 Å². The van der Waals surface area contributed by atoms with E-state index in [-0.39, 0.29) is 17.6 Å². The number of nitrogens with zero attached hydrogens (tertiary/aromatic N) is 1. The molecule has 1 heterocycles. The number of methoxy groups -OCH3 is 2. The van der Waals surface area contributed by atoms with E-state index in [4.69, 9.17) is 15.2 Å². The lowest BCUT2D eigenvalue weighted by atomic mass is 9.85. The van der Waals surface area contributed by atoms with Gasteiger partial charge < -0.3 is 15.2 Å². The molecule has 3 unspecified atom stereocenters. The third kappa shape index (κ3) is 3.91. The Labute approximate surface area is 105 Å². The van der Waals surface area contributed by atoms with Gasteiger partial charge in [0, 0.05) is 33.9 Å². The topological polar surface area (TPSA) is 47.7 Å². The minimum Gasteiger partial charge on any atom is -0.377 e. The number of likely N-dealkylation sites (tertiary alicyclic amines) is 1. The van der Waals surface area contributed by atoms with Crippen LogP contribution in [0.2, 0.25) is 0 Å². The monoisotopic (exact) mass is 244 g/mol. The summed E-state index contributed by atoms with van der Waals surface area (Å²) >= 11 is 0. The van der Waals surface area contributed by atoms with E-state index >= 15 is 0 Å². The molecule has 0 radical (unpaired) electrons. The molecule has 17 heavy (non-hydrogen) atoms. The van der Waals surface area contributed by atoms with Gasteiger partial charge in [0.1, 0.15) is 0 Å². The molecule has 102 valence electrons. The van der Waals surface area contributed by atoms with Crippen LogP contribution < -0.4 is 5.73 Å². The fourth-order valence-electron chi connectivity index (χ4n) is 2.79. The van der Waals surface area contributed by atoms with Crippen molar-refractivity contribution in [3.63, 3.8) is 0 Å². The summed E-state index contributed by atoms with van der Waals surface area (Å²) in [6.07, 6.45) is 2.76. The molecule has 0 aromatic rings. The lowest BCUT2D eigenvalue weighted by Gasteiger charge is -2.32. The van der Waals surface area contributed by atoms with Gasteiger partial charge in [0.05, 0.1) is 12.2 Å². The zero-order valence-electron chi connectivity index (χ0n) is 11.7. The minimum absolute atomic E-state index is 0.198. The summed E-state index contributed by atoms with van der Waals surface area (Å²) in [6.45, 7) is 8.18. The van der Waals surface area contributed by atoms with Crippen molar-refractivity contribution in [3.05, 3.63) is 0 Å². The standard InChI is InChI=1S/C13H28N2O2/c1-5-6-13(2,9-14)10-15-7-11(16-3)12(8-15)17-4/h11-12H,5-10,14H2,1-4H3. The molecule has 0 bridgehead atoms. The highest BCUT2D eigenvalue weighted by atomic mass is 16.5. The van der Waals surface area contributed by atoms with E-state index in [1.54, 1.807) is 14.2 Å². The van der Waals surface area contributed by atoms with Crippen molar-refractivity contribution in [1.29, 1.82) is 0 Å². The molecule has 1 aliphatic heterocycles. The van der Waals surface area contributed by atoms with Crippen molar-refractivity contribution >= 4 is 0 Å². The van der Waals surface area contributed by atoms with Crippen LogP contribution in [0.3, 0.4) is 0 Å². The molecule has 3 atom stereocenters. The molecule has 2 N–H and O–H groups in total. The second-order valence-electron chi connectivity index (χ2n) is 5.51. The fraction of sp³-hybridized carbons (Fsp3) is 1.00. The molecular weight excluding hydrogens is 216 g/mol. The highest BCUT2D eigenvalue weighted by Crippen LogP contribution is 2.26. The van der Waals surface area contributed by atoms with Crippen LogP contribution in [0.4, 0.5) is 0 Å². The van der Waals surface area contributed by atoms with E-state index in [0.29, 0.717) is 0 Å². The van der Waals surface area contributed by atoms with Crippen molar-refractivity contribution in [1.82, 2.24) is 4.90 Å². The maximum atomic E-state index is 5.92. The third-order valence-electron chi connectivity index (χ3n) is 3.85. The summed E-state index contributed by atoms with van der Waals surface area (Å²) in [7, 11) is 3.52. The second-order valence-corrected chi connectivity index (χ2v) is 5.51. The summed E-state index contributed by atoms with van der Waals surface area (Å²) in [5, 5.41) is 0. The lowest BCUT2D eigenvalue weighted by molar-refractivity contribution is -0.00461. The Morgan fingerprint density at radius 1 is 1.24 bits per heavy atom. The van der Waals surface area contributed by atoms with Crippen LogP contribution in [0.1, 0.15) is 26.7 Å². The maximum absolute atomic E-state index is 5.92. The average Bonchev–Trinajstić information content (AvgIpc) is 2.71. The first-order chi connectivity index (χ1) is 8.08. The maximum Gasteiger partial charge on any atom is 0.0971 e. The molecule has 4 heteroatoms. The number of nitrogens with two attached hydrogens (primary N) is 1. The molecule has 0 saturated carbocycles. The number of hydrogen-bond donors (Lipinski definition) is 1. The van der Waals surface area contributed by atoms with Gasteiger partial charge in [0.2, 0.25) is 0 Å². The van der Waals surface area contributed by atoms with Crippen molar-refractivity contribution in [3.8, 4) is 0 Å². The van der Waals surface area contributed by atoms with Crippen LogP contribution in [-0.4, -0.2) is 57.5 Å². The first-order valence-electron chi connectivity index (χ1n) is 6.56. The quantitative estimate of drug-likeness (QED) is 0.728. The minimum atomic E-state index is 0.198. The molecule has 0 aromatic heterocycles. The second kappa shape index (κ2) is 6.69. The van der Waals surface area contributed by atoms with Crippen molar-refractivity contribution in [2.75, 3.05) is 40.4 Å². The Morgan fingerprint density at radius 3 is 2.12 bits per heavy atom. The molecule has 4 nitrogen and oxygen atoms in total. The SMILES string of the molecule is CCCC(C)(CN)CN1CC(OC)C(OC)C1. The van der Waals surface area contributed by atoms with Gasteiger partial charge in [-0.1, -0.05) is 20.3 Å². The first-order valence-corrected chi connectivity index (χ1v) is 6.56. The van der Waals surface area contributed by atoms with Gasteiger partial charge in [0.15, 0.2) is 0 Å². The Bertz CT molecular complexity index is 213. The molecule has 1 fully saturated rings. The van der Waals surface area contributed by atoms with Gasteiger partial charge in [-0.2, -0.15) is 0 Å².